The molecule has 1 heteroatoms. The molecule has 0 saturated heterocycles. The van der Waals surface area contributed by atoms with Gasteiger partial charge in [0, 0.05) is 18.2 Å². The van der Waals surface area contributed by atoms with Gasteiger partial charge in [-0.05, 0) is 25.0 Å². The smallest absolute Gasteiger partial charge is 0.0450 e. The summed E-state index contributed by atoms with van der Waals surface area (Å²) in [4.78, 5) is 4.31. The second-order valence-corrected chi connectivity index (χ2v) is 3.52. The van der Waals surface area contributed by atoms with Crippen LogP contribution in [0.2, 0.25) is 0 Å². The van der Waals surface area contributed by atoms with Gasteiger partial charge in [-0.15, -0.1) is 0 Å². The minimum atomic E-state index is 0.207. The summed E-state index contributed by atoms with van der Waals surface area (Å²) >= 11 is 0. The molecular formula is C13H19N. The van der Waals surface area contributed by atoms with Gasteiger partial charge in [-0.2, -0.15) is 0 Å². The van der Waals surface area contributed by atoms with Crippen molar-refractivity contribution in [3.63, 3.8) is 0 Å². The van der Waals surface area contributed by atoms with Crippen LogP contribution < -0.4 is 0 Å². The van der Waals surface area contributed by atoms with Crippen LogP contribution in [0, 0.1) is 5.41 Å². The third-order valence-electron chi connectivity index (χ3n) is 2.81. The molecule has 14 heavy (non-hydrogen) atoms. The van der Waals surface area contributed by atoms with Gasteiger partial charge >= 0.3 is 0 Å². The Morgan fingerprint density at radius 1 is 1.21 bits per heavy atom. The minimum Gasteiger partial charge on any atom is -0.292 e. The van der Waals surface area contributed by atoms with Crippen molar-refractivity contribution in [2.75, 3.05) is 7.05 Å². The van der Waals surface area contributed by atoms with E-state index in [-0.39, 0.29) is 5.41 Å². The molecule has 0 aromatic rings. The maximum Gasteiger partial charge on any atom is 0.0450 e. The van der Waals surface area contributed by atoms with Gasteiger partial charge in [0.25, 0.3) is 0 Å². The highest BCUT2D eigenvalue weighted by atomic mass is 14.7. The van der Waals surface area contributed by atoms with Crippen LogP contribution in [0.25, 0.3) is 0 Å². The average molecular weight is 189 g/mol. The van der Waals surface area contributed by atoms with E-state index >= 15 is 0 Å². The molecule has 76 valence electrons. The molecule has 1 unspecified atom stereocenters. The Bertz CT molecular complexity index is 318. The number of rotatable bonds is 0. The zero-order valence-corrected chi connectivity index (χ0v) is 9.54. The molecule has 0 radical (unpaired) electrons. The first-order chi connectivity index (χ1) is 6.77. The Kier molecular flexibility index (Phi) is 3.45. The molecular weight excluding hydrogens is 170 g/mol. The number of aliphatic imine (C=N–C) groups is 1. The third-order valence-corrected chi connectivity index (χ3v) is 2.81. The van der Waals surface area contributed by atoms with Crippen molar-refractivity contribution in [1.82, 2.24) is 0 Å². The van der Waals surface area contributed by atoms with Gasteiger partial charge in [0.05, 0.1) is 0 Å². The Hall–Kier alpha value is -1.11. The van der Waals surface area contributed by atoms with E-state index in [1.54, 1.807) is 0 Å². The van der Waals surface area contributed by atoms with Gasteiger partial charge in [-0.1, -0.05) is 38.2 Å². The Balaban J connectivity index is 0.000000461. The van der Waals surface area contributed by atoms with Crippen LogP contribution in [-0.4, -0.2) is 12.8 Å². The summed E-state index contributed by atoms with van der Waals surface area (Å²) in [5, 5.41) is 0. The van der Waals surface area contributed by atoms with Crippen molar-refractivity contribution in [1.29, 1.82) is 0 Å². The van der Waals surface area contributed by atoms with E-state index in [4.69, 9.17) is 0 Å². The van der Waals surface area contributed by atoms with Crippen molar-refractivity contribution in [3.05, 3.63) is 36.0 Å². The normalized spacial score (nSPS) is 30.9. The molecule has 0 fully saturated rings. The maximum absolute atomic E-state index is 4.31. The minimum absolute atomic E-state index is 0.207. The van der Waals surface area contributed by atoms with E-state index in [0.717, 1.165) is 6.42 Å². The molecule has 0 saturated carbocycles. The molecule has 0 amide bonds. The van der Waals surface area contributed by atoms with E-state index in [0.29, 0.717) is 0 Å². The molecule has 2 rings (SSSR count). The highest BCUT2D eigenvalue weighted by Crippen LogP contribution is 2.43. The lowest BCUT2D eigenvalue weighted by Gasteiger charge is -2.37. The zero-order valence-electron chi connectivity index (χ0n) is 9.54. The monoisotopic (exact) mass is 189 g/mol. The van der Waals surface area contributed by atoms with Crippen LogP contribution >= 0.6 is 0 Å². The predicted molar refractivity (Wildman–Crippen MR) is 63.8 cm³/mol. The number of allylic oxidation sites excluding steroid dienone is 6. The quantitative estimate of drug-likeness (QED) is 0.552. The van der Waals surface area contributed by atoms with Crippen LogP contribution in [-0.2, 0) is 0 Å². The van der Waals surface area contributed by atoms with Crippen molar-refractivity contribution in [3.8, 4) is 0 Å². The lowest BCUT2D eigenvalue weighted by molar-refractivity contribution is 0.523. The Morgan fingerprint density at radius 3 is 2.36 bits per heavy atom. The van der Waals surface area contributed by atoms with E-state index in [1.165, 1.54) is 11.3 Å². The lowest BCUT2D eigenvalue weighted by Crippen LogP contribution is -2.33. The van der Waals surface area contributed by atoms with Crippen LogP contribution in [0.5, 0.6) is 0 Å². The first-order valence-electron chi connectivity index (χ1n) is 5.30. The van der Waals surface area contributed by atoms with Crippen molar-refractivity contribution < 1.29 is 0 Å². The summed E-state index contributed by atoms with van der Waals surface area (Å²) in [5.41, 5.74) is 2.82. The summed E-state index contributed by atoms with van der Waals surface area (Å²) in [6.07, 6.45) is 11.8. The SMILES string of the molecule is CC.CN=C1C=CC=CC2=CCC21C. The Labute approximate surface area is 86.9 Å². The number of fused-ring (bicyclic) bond motifs is 1. The van der Waals surface area contributed by atoms with E-state index < -0.39 is 0 Å². The second kappa shape index (κ2) is 4.41. The van der Waals surface area contributed by atoms with Crippen molar-refractivity contribution in [2.45, 2.75) is 27.2 Å². The van der Waals surface area contributed by atoms with Crippen LogP contribution in [0.15, 0.2) is 40.9 Å². The van der Waals surface area contributed by atoms with E-state index in [2.05, 4.69) is 42.3 Å². The summed E-state index contributed by atoms with van der Waals surface area (Å²) in [7, 11) is 1.87. The van der Waals surface area contributed by atoms with Crippen LogP contribution in [0.1, 0.15) is 27.2 Å². The van der Waals surface area contributed by atoms with Crippen molar-refractivity contribution in [2.24, 2.45) is 10.4 Å². The first kappa shape index (κ1) is 11.0. The van der Waals surface area contributed by atoms with Gasteiger partial charge in [0.15, 0.2) is 0 Å². The summed E-state index contributed by atoms with van der Waals surface area (Å²) in [6, 6.07) is 0. The fourth-order valence-electron chi connectivity index (χ4n) is 1.84. The predicted octanol–water partition coefficient (Wildman–Crippen LogP) is 3.55. The molecule has 0 heterocycles. The molecule has 2 aliphatic rings. The number of nitrogens with zero attached hydrogens (tertiary/aromatic N) is 1. The summed E-state index contributed by atoms with van der Waals surface area (Å²) in [5.74, 6) is 0. The molecule has 0 aliphatic heterocycles. The third kappa shape index (κ3) is 1.59. The molecule has 2 aliphatic carbocycles. The molecule has 1 atom stereocenters. The van der Waals surface area contributed by atoms with Gasteiger partial charge in [-0.3, -0.25) is 4.99 Å². The molecule has 0 spiro atoms. The van der Waals surface area contributed by atoms with Gasteiger partial charge in [-0.25, -0.2) is 0 Å². The van der Waals surface area contributed by atoms with Gasteiger partial charge < -0.3 is 0 Å². The molecule has 0 aromatic heterocycles. The number of hydrogen-bond donors (Lipinski definition) is 0. The van der Waals surface area contributed by atoms with E-state index in [9.17, 15) is 0 Å². The maximum atomic E-state index is 4.31. The van der Waals surface area contributed by atoms with Crippen LogP contribution in [0.3, 0.4) is 0 Å². The summed E-state index contributed by atoms with van der Waals surface area (Å²) < 4.78 is 0. The topological polar surface area (TPSA) is 12.4 Å². The second-order valence-electron chi connectivity index (χ2n) is 3.52. The van der Waals surface area contributed by atoms with Gasteiger partial charge in [0.2, 0.25) is 0 Å². The zero-order chi connectivity index (χ0) is 10.6. The van der Waals surface area contributed by atoms with Crippen LogP contribution in [0.4, 0.5) is 0 Å². The standard InChI is InChI=1S/C11H13N.C2H6/c1-11-8-7-9(11)5-3-4-6-10(11)12-2;1-2/h3-7H,8H2,1-2H3;1-2H3. The largest absolute Gasteiger partial charge is 0.292 e. The first-order valence-corrected chi connectivity index (χ1v) is 5.30. The Morgan fingerprint density at radius 2 is 1.86 bits per heavy atom. The fourth-order valence-corrected chi connectivity index (χ4v) is 1.84. The average Bonchev–Trinajstić information content (AvgIpc) is 2.32. The van der Waals surface area contributed by atoms with Crippen molar-refractivity contribution >= 4 is 5.71 Å². The molecule has 0 aromatic carbocycles. The number of hydrogen-bond acceptors (Lipinski definition) is 1. The highest BCUT2D eigenvalue weighted by Gasteiger charge is 2.37. The molecule has 1 nitrogen and oxygen atoms in total. The van der Waals surface area contributed by atoms with Gasteiger partial charge in [0.1, 0.15) is 0 Å². The molecule has 0 N–H and O–H groups in total. The summed E-state index contributed by atoms with van der Waals surface area (Å²) in [6.45, 7) is 6.25. The fraction of sp³-hybridized carbons (Fsp3) is 0.462. The highest BCUT2D eigenvalue weighted by molar-refractivity contribution is 6.03. The van der Waals surface area contributed by atoms with E-state index in [1.807, 2.05) is 20.9 Å². The molecule has 0 bridgehead atoms. The lowest BCUT2D eigenvalue weighted by atomic mass is 9.67.